The highest BCUT2D eigenvalue weighted by molar-refractivity contribution is 7.95. The third-order valence-electron chi connectivity index (χ3n) is 9.73. The van der Waals surface area contributed by atoms with Crippen LogP contribution in [0.15, 0.2) is 119 Å². The van der Waals surface area contributed by atoms with Crippen LogP contribution in [-0.2, 0) is 28.9 Å². The third-order valence-corrected chi connectivity index (χ3v) is 12.6. The number of nitrogens with two attached hydrogens (primary N) is 1. The summed E-state index contributed by atoms with van der Waals surface area (Å²) in [5.41, 5.74) is 8.95. The highest BCUT2D eigenvalue weighted by Gasteiger charge is 2.24. The molecular formula is C40H32N10O13S4. The largest absolute Gasteiger partial charge is 0.505 e. The van der Waals surface area contributed by atoms with E-state index in [-0.39, 0.29) is 80.2 Å². The van der Waals surface area contributed by atoms with Crippen molar-refractivity contribution < 1.29 is 62.0 Å². The Hall–Kier alpha value is -6.76. The fourth-order valence-electron chi connectivity index (χ4n) is 6.73. The Morgan fingerprint density at radius 2 is 1.60 bits per heavy atom. The van der Waals surface area contributed by atoms with Gasteiger partial charge in [0.25, 0.3) is 16.0 Å². The number of primary amides is 1. The molecule has 67 heavy (non-hydrogen) atoms. The normalized spacial score (nSPS) is 12.4. The molecule has 0 spiro atoms. The van der Waals surface area contributed by atoms with Crippen molar-refractivity contribution in [3.8, 4) is 17.4 Å². The average Bonchev–Trinajstić information content (AvgIpc) is 3.89. The molecule has 0 aliphatic carbocycles. The molecule has 0 aliphatic heterocycles. The molecule has 1 amide bonds. The maximum Gasteiger partial charge on any atom is 0.264 e. The molecule has 0 bridgehead atoms. The number of para-hydroxylation sites is 2. The van der Waals surface area contributed by atoms with Crippen molar-refractivity contribution in [3.05, 3.63) is 95.6 Å². The minimum Gasteiger partial charge on any atom is -0.505 e. The molecule has 8 rings (SSSR count). The zero-order chi connectivity index (χ0) is 47.4. The van der Waals surface area contributed by atoms with Gasteiger partial charge in [0.05, 0.1) is 79.5 Å². The number of nitrogens with zero attached hydrogens (tertiary/aromatic N) is 9. The molecule has 27 heteroatoms. The van der Waals surface area contributed by atoms with E-state index in [0.717, 1.165) is 16.7 Å². The Morgan fingerprint density at radius 1 is 0.836 bits per heavy atom. The fourth-order valence-corrected chi connectivity index (χ4v) is 9.01. The Balaban J connectivity index is 1.12. The summed E-state index contributed by atoms with van der Waals surface area (Å²) in [6.45, 7) is 3.11. The summed E-state index contributed by atoms with van der Waals surface area (Å²) < 4.78 is 49.3. The lowest BCUT2D eigenvalue weighted by Gasteiger charge is -2.12. The highest BCUT2D eigenvalue weighted by Crippen LogP contribution is 2.46. The van der Waals surface area contributed by atoms with Crippen molar-refractivity contribution in [2.24, 2.45) is 36.4 Å². The number of benzene rings is 5. The molecule has 0 radical (unpaired) electrons. The predicted molar refractivity (Wildman–Crippen MR) is 244 cm³/mol. The summed E-state index contributed by atoms with van der Waals surface area (Å²) in [5.74, 6) is -1.97. The lowest BCUT2D eigenvalue weighted by Crippen LogP contribution is -2.15. The number of phenolic OH excluding ortho intramolecular Hbond substituents is 1. The van der Waals surface area contributed by atoms with E-state index in [1.54, 1.807) is 68.4 Å². The van der Waals surface area contributed by atoms with E-state index in [1.807, 2.05) is 0 Å². The lowest BCUT2D eigenvalue weighted by atomic mass is 10.1. The molecule has 344 valence electrons. The Kier molecular flexibility index (Phi) is 14.0. The SMILES string of the molecule is Cc1cc(N=Nc2c(SOOO)cc3cc(N=Nc4c(C)c(C(N)=O)c5nc6ccccc6n5c4O)ccc3c2O)c(OCCCS(=O)(=O)O)cc1N=Nc1nc2ccc(SOOO)cc2s1. The van der Waals surface area contributed by atoms with Crippen LogP contribution in [0.3, 0.4) is 0 Å². The molecule has 0 unspecified atom stereocenters. The number of hydrogen-bond donors (Lipinski definition) is 6. The van der Waals surface area contributed by atoms with E-state index in [2.05, 4.69) is 55.1 Å². The Bertz CT molecular complexity index is 3440. The maximum absolute atomic E-state index is 12.6. The van der Waals surface area contributed by atoms with Crippen LogP contribution in [-0.4, -0.2) is 66.3 Å². The first-order valence-electron chi connectivity index (χ1n) is 19.1. The number of hydrogen-bond acceptors (Lipinski definition) is 23. The van der Waals surface area contributed by atoms with Gasteiger partial charge in [-0.3, -0.25) is 13.7 Å². The van der Waals surface area contributed by atoms with Crippen molar-refractivity contribution in [3.63, 3.8) is 0 Å². The van der Waals surface area contributed by atoms with Crippen LogP contribution in [0.25, 0.3) is 37.7 Å². The van der Waals surface area contributed by atoms with Crippen LogP contribution >= 0.6 is 35.4 Å². The van der Waals surface area contributed by atoms with E-state index < -0.39 is 21.8 Å². The first-order chi connectivity index (χ1) is 32.2. The number of pyridine rings is 1. The standard InChI is InChI=1S/C40H32N10O13S4/c1-19-14-28(30(59-12-5-13-67(56,57)58)18-27(19)45-49-40-43-26-11-9-23(65-62-60-54)17-31(26)64-40)46-48-35-32(66-63-61-55)16-21-15-22(8-10-24(21)36(35)51)44-47-34-20(2)33(37(41)52)38-42-25-6-3-4-7-29(25)50(38)39(34)53/h3-4,6-11,14-18,51,53-55H,5,12-13H2,1-2H3,(H2,41,52)(H,56,57,58). The van der Waals surface area contributed by atoms with Crippen LogP contribution in [0, 0.1) is 13.8 Å². The minimum atomic E-state index is -4.28. The first-order valence-corrected chi connectivity index (χ1v) is 23.0. The second kappa shape index (κ2) is 20.0. The van der Waals surface area contributed by atoms with Gasteiger partial charge in [-0.1, -0.05) is 33.5 Å². The molecule has 3 aromatic heterocycles. The van der Waals surface area contributed by atoms with Gasteiger partial charge in [0, 0.05) is 16.3 Å². The van der Waals surface area contributed by atoms with Crippen LogP contribution in [0.1, 0.15) is 27.9 Å². The van der Waals surface area contributed by atoms with Crippen LogP contribution in [0.5, 0.6) is 17.4 Å². The monoisotopic (exact) mass is 988 g/mol. The van der Waals surface area contributed by atoms with Crippen molar-refractivity contribution >= 4 is 123 Å². The molecule has 23 nitrogen and oxygen atoms in total. The quantitative estimate of drug-likeness (QED) is 0.0116. The summed E-state index contributed by atoms with van der Waals surface area (Å²) >= 11 is 2.51. The van der Waals surface area contributed by atoms with Gasteiger partial charge in [-0.25, -0.2) is 20.5 Å². The molecular weight excluding hydrogens is 957 g/mol. The van der Waals surface area contributed by atoms with Gasteiger partial charge in [0.15, 0.2) is 11.4 Å². The summed E-state index contributed by atoms with van der Waals surface area (Å²) in [7, 11) is -4.28. The molecule has 0 saturated heterocycles. The molecule has 0 atom stereocenters. The van der Waals surface area contributed by atoms with Crippen LogP contribution in [0.4, 0.5) is 33.6 Å². The van der Waals surface area contributed by atoms with Crippen LogP contribution in [0.2, 0.25) is 0 Å². The van der Waals surface area contributed by atoms with Gasteiger partial charge in [-0.15, -0.1) is 34.2 Å². The highest BCUT2D eigenvalue weighted by atomic mass is 32.2. The summed E-state index contributed by atoms with van der Waals surface area (Å²) in [5, 5.41) is 74.9. The number of azo groups is 3. The molecule has 5 aromatic carbocycles. The molecule has 8 aromatic rings. The maximum atomic E-state index is 12.6. The molecule has 0 saturated carbocycles. The number of carbonyl (C=O) groups is 1. The zero-order valence-electron chi connectivity index (χ0n) is 34.4. The van der Waals surface area contributed by atoms with Gasteiger partial charge >= 0.3 is 0 Å². The lowest BCUT2D eigenvalue weighted by molar-refractivity contribution is -0.432. The minimum absolute atomic E-state index is 0.0360. The number of imidazole rings is 1. The van der Waals surface area contributed by atoms with E-state index in [0.29, 0.717) is 55.3 Å². The second-order valence-corrected chi connectivity index (χ2v) is 18.1. The second-order valence-electron chi connectivity index (χ2n) is 14.0. The molecule has 0 aliphatic rings. The van der Waals surface area contributed by atoms with Gasteiger partial charge in [0.1, 0.15) is 22.8 Å². The van der Waals surface area contributed by atoms with Crippen molar-refractivity contribution in [2.75, 3.05) is 12.4 Å². The number of aryl methyl sites for hydroxylation is 1. The number of carbonyl (C=O) groups excluding carboxylic acids is 1. The fraction of sp³-hybridized carbons (Fsp3) is 0.125. The number of amides is 1. The summed E-state index contributed by atoms with van der Waals surface area (Å²) in [4.78, 5) is 22.3. The van der Waals surface area contributed by atoms with E-state index >= 15 is 0 Å². The number of thiazole rings is 1. The molecule has 7 N–H and O–H groups in total. The molecule has 3 heterocycles. The number of phenols is 1. The number of ether oxygens (including phenoxy) is 1. The molecule has 0 fully saturated rings. The number of fused-ring (bicyclic) bond motifs is 5. The van der Waals surface area contributed by atoms with Crippen molar-refractivity contribution in [2.45, 2.75) is 30.1 Å². The number of aromatic hydroxyl groups is 2. The van der Waals surface area contributed by atoms with Gasteiger partial charge in [-0.2, -0.15) is 13.5 Å². The number of aromatic nitrogens is 3. The Morgan fingerprint density at radius 3 is 2.37 bits per heavy atom. The smallest absolute Gasteiger partial charge is 0.264 e. The third kappa shape index (κ3) is 10.3. The topological polar surface area (TPSA) is 329 Å². The van der Waals surface area contributed by atoms with Crippen molar-refractivity contribution in [1.29, 1.82) is 0 Å². The van der Waals surface area contributed by atoms with E-state index in [4.69, 9.17) is 25.3 Å². The van der Waals surface area contributed by atoms with Crippen LogP contribution < -0.4 is 10.5 Å². The van der Waals surface area contributed by atoms with E-state index in [9.17, 15) is 28.0 Å². The summed E-state index contributed by atoms with van der Waals surface area (Å²) in [6.07, 6.45) is -0.0832. The van der Waals surface area contributed by atoms with Gasteiger partial charge < -0.3 is 20.7 Å². The predicted octanol–water partition coefficient (Wildman–Crippen LogP) is 11.1. The van der Waals surface area contributed by atoms with Gasteiger partial charge in [-0.05, 0) is 97.4 Å². The van der Waals surface area contributed by atoms with Gasteiger partial charge in [0.2, 0.25) is 11.0 Å². The first kappa shape index (κ1) is 46.8. The summed E-state index contributed by atoms with van der Waals surface area (Å²) in [6, 6.07) is 21.4. The average molecular weight is 989 g/mol. The zero-order valence-corrected chi connectivity index (χ0v) is 37.6. The van der Waals surface area contributed by atoms with E-state index in [1.165, 1.54) is 40.0 Å². The Labute approximate surface area is 389 Å². The number of rotatable bonds is 18. The van der Waals surface area contributed by atoms with Crippen molar-refractivity contribution in [1.82, 2.24) is 14.4 Å².